The molecule has 2 amide bonds. The molecule has 0 aliphatic carbocycles. The maximum absolute atomic E-state index is 12.4. The van der Waals surface area contributed by atoms with E-state index in [1.807, 2.05) is 0 Å². The van der Waals surface area contributed by atoms with Crippen LogP contribution in [0.25, 0.3) is 0 Å². The summed E-state index contributed by atoms with van der Waals surface area (Å²) in [7, 11) is 0. The maximum Gasteiger partial charge on any atom is 1.00 e. The number of amides is 2. The molecule has 8 nitrogen and oxygen atoms in total. The van der Waals surface area contributed by atoms with E-state index in [9.17, 15) is 29.4 Å². The van der Waals surface area contributed by atoms with Crippen molar-refractivity contribution in [2.24, 2.45) is 0 Å². The van der Waals surface area contributed by atoms with Crippen molar-refractivity contribution < 1.29 is 88.5 Å². The minimum atomic E-state index is -1.40. The van der Waals surface area contributed by atoms with E-state index >= 15 is 0 Å². The van der Waals surface area contributed by atoms with Crippen LogP contribution in [0.5, 0.6) is 0 Å². The first kappa shape index (κ1) is 25.0. The topological polar surface area (TPSA) is 124 Å². The van der Waals surface area contributed by atoms with Gasteiger partial charge in [0.05, 0.1) is 0 Å². The Morgan fingerprint density at radius 3 is 2.37 bits per heavy atom. The SMILES string of the molecule is CC1(C)S[C@@H]2[C@H](NC(=O)[C@H](C(=O)O)c3ccsc3)C(=O)N2[C@H]1C(=O)O.[Na+].[Na+]. The van der Waals surface area contributed by atoms with Gasteiger partial charge in [0.1, 0.15) is 17.5 Å². The number of carboxylic acid groups (broad SMARTS) is 2. The number of carbonyl (C=O) groups excluding carboxylic acids is 2. The third kappa shape index (κ3) is 4.42. The van der Waals surface area contributed by atoms with Crippen LogP contribution in [0, 0.1) is 0 Å². The summed E-state index contributed by atoms with van der Waals surface area (Å²) in [6.07, 6.45) is 0. The summed E-state index contributed by atoms with van der Waals surface area (Å²) in [6.45, 7) is 3.46. The van der Waals surface area contributed by atoms with Crippen LogP contribution in [0.3, 0.4) is 0 Å². The summed E-state index contributed by atoms with van der Waals surface area (Å²) >= 11 is 2.56. The van der Waals surface area contributed by atoms with Crippen molar-refractivity contribution in [2.75, 3.05) is 0 Å². The molecule has 4 atom stereocenters. The molecule has 3 rings (SSSR count). The number of fused-ring (bicyclic) bond motifs is 1. The first-order valence-electron chi connectivity index (χ1n) is 7.43. The molecule has 134 valence electrons. The average Bonchev–Trinajstić information content (AvgIpc) is 3.09. The molecule has 2 fully saturated rings. The van der Waals surface area contributed by atoms with Gasteiger partial charge in [-0.05, 0) is 36.2 Å². The van der Waals surface area contributed by atoms with Gasteiger partial charge in [-0.15, -0.1) is 11.8 Å². The molecule has 0 aromatic carbocycles. The first-order chi connectivity index (χ1) is 11.6. The molecule has 27 heavy (non-hydrogen) atoms. The van der Waals surface area contributed by atoms with E-state index in [0.29, 0.717) is 5.56 Å². The molecule has 2 aliphatic rings. The van der Waals surface area contributed by atoms with Gasteiger partial charge in [-0.2, -0.15) is 11.3 Å². The Morgan fingerprint density at radius 2 is 1.89 bits per heavy atom. The van der Waals surface area contributed by atoms with Crippen molar-refractivity contribution in [1.82, 2.24) is 10.2 Å². The van der Waals surface area contributed by atoms with Gasteiger partial charge in [-0.1, -0.05) is 0 Å². The number of β-lactam (4-membered cyclic amide) rings is 1. The molecule has 0 spiro atoms. The Morgan fingerprint density at radius 1 is 1.26 bits per heavy atom. The van der Waals surface area contributed by atoms with E-state index in [2.05, 4.69) is 5.32 Å². The van der Waals surface area contributed by atoms with Crippen LogP contribution in [-0.2, 0) is 19.2 Å². The molecule has 12 heteroatoms. The van der Waals surface area contributed by atoms with Crippen LogP contribution in [0.4, 0.5) is 0 Å². The molecular weight excluding hydrogens is 414 g/mol. The first-order valence-corrected chi connectivity index (χ1v) is 9.25. The van der Waals surface area contributed by atoms with Crippen LogP contribution < -0.4 is 64.4 Å². The van der Waals surface area contributed by atoms with Gasteiger partial charge >= 0.3 is 71.1 Å². The molecule has 2 saturated heterocycles. The fourth-order valence-electron chi connectivity index (χ4n) is 3.23. The molecule has 0 saturated carbocycles. The summed E-state index contributed by atoms with van der Waals surface area (Å²) in [6, 6.07) is -0.344. The smallest absolute Gasteiger partial charge is 0.480 e. The largest absolute Gasteiger partial charge is 1.00 e. The number of aliphatic carboxylic acids is 2. The summed E-state index contributed by atoms with van der Waals surface area (Å²) in [5, 5.41) is 23.9. The van der Waals surface area contributed by atoms with Crippen LogP contribution in [0.15, 0.2) is 16.8 Å². The molecule has 3 N–H and O–H groups in total. The van der Waals surface area contributed by atoms with Crippen LogP contribution in [0.1, 0.15) is 25.3 Å². The zero-order valence-corrected chi connectivity index (χ0v) is 21.0. The second-order valence-corrected chi connectivity index (χ2v) is 8.96. The Labute approximate surface area is 208 Å². The van der Waals surface area contributed by atoms with Gasteiger partial charge in [0.2, 0.25) is 11.8 Å². The van der Waals surface area contributed by atoms with E-state index in [-0.39, 0.29) is 59.1 Å². The van der Waals surface area contributed by atoms with Crippen LogP contribution in [-0.4, -0.2) is 61.1 Å². The zero-order chi connectivity index (χ0) is 18.5. The van der Waals surface area contributed by atoms with Gasteiger partial charge in [0, 0.05) is 4.75 Å². The minimum absolute atomic E-state index is 0. The molecule has 2 aliphatic heterocycles. The fraction of sp³-hybridized carbons (Fsp3) is 0.467. The zero-order valence-electron chi connectivity index (χ0n) is 15.3. The molecule has 1 aromatic rings. The van der Waals surface area contributed by atoms with E-state index in [1.54, 1.807) is 30.7 Å². The van der Waals surface area contributed by atoms with E-state index in [1.165, 1.54) is 28.0 Å². The number of hydrogen-bond acceptors (Lipinski definition) is 6. The average molecular weight is 430 g/mol. The normalized spacial score (nSPS) is 25.9. The molecule has 3 heterocycles. The van der Waals surface area contributed by atoms with E-state index in [4.69, 9.17) is 0 Å². The van der Waals surface area contributed by atoms with Gasteiger partial charge in [-0.3, -0.25) is 14.4 Å². The van der Waals surface area contributed by atoms with Gasteiger partial charge in [-0.25, -0.2) is 4.79 Å². The second kappa shape index (κ2) is 9.17. The van der Waals surface area contributed by atoms with Crippen LogP contribution in [0.2, 0.25) is 0 Å². The number of thioether (sulfide) groups is 1. The number of thiophene rings is 1. The quantitative estimate of drug-likeness (QED) is 0.242. The van der Waals surface area contributed by atoms with Gasteiger partial charge < -0.3 is 20.4 Å². The summed E-state index contributed by atoms with van der Waals surface area (Å²) in [5.41, 5.74) is 0.349. The Bertz CT molecular complexity index is 757. The molecule has 0 bridgehead atoms. The monoisotopic (exact) mass is 430 g/mol. The Balaban J connectivity index is 0.00000182. The van der Waals surface area contributed by atoms with Crippen molar-refractivity contribution in [2.45, 2.75) is 42.0 Å². The summed E-state index contributed by atoms with van der Waals surface area (Å²) in [4.78, 5) is 48.9. The molecule has 0 radical (unpaired) electrons. The predicted octanol–water partition coefficient (Wildman–Crippen LogP) is -5.44. The Hall–Kier alpha value is -0.0700. The number of rotatable bonds is 5. The maximum atomic E-state index is 12.4. The van der Waals surface area contributed by atoms with Crippen molar-refractivity contribution in [3.8, 4) is 0 Å². The standard InChI is InChI=1S/C15H16N2O6S2.2Na/c1-15(2)9(14(22)23)17-11(19)8(12(17)25-15)16-10(18)7(13(20)21)6-3-4-24-5-6;;/h3-5,7-9,12H,1-2H3,(H,16,18)(H,20,21)(H,22,23);;/q;2*+1/t7-,8-,9+,12-;;/m1../s1. The third-order valence-corrected chi connectivity index (χ3v) is 6.63. The van der Waals surface area contributed by atoms with Crippen molar-refractivity contribution in [1.29, 1.82) is 0 Å². The van der Waals surface area contributed by atoms with E-state index in [0.717, 1.165) is 0 Å². The van der Waals surface area contributed by atoms with Crippen molar-refractivity contribution in [3.05, 3.63) is 22.4 Å². The number of carboxylic acids is 2. The second-order valence-electron chi connectivity index (χ2n) is 6.41. The number of hydrogen-bond donors (Lipinski definition) is 3. The molecule has 1 aromatic heterocycles. The predicted molar refractivity (Wildman–Crippen MR) is 90.4 cm³/mol. The summed E-state index contributed by atoms with van der Waals surface area (Å²) < 4.78 is -0.703. The summed E-state index contributed by atoms with van der Waals surface area (Å²) in [5.74, 6) is -5.08. The van der Waals surface area contributed by atoms with E-state index < -0.39 is 51.9 Å². The Kier molecular flexibility index (Phi) is 8.48. The number of carbonyl (C=O) groups is 4. The molecule has 0 unspecified atom stereocenters. The molecular formula is C15H16N2Na2O6S2+2. The number of nitrogens with one attached hydrogen (secondary N) is 1. The third-order valence-electron chi connectivity index (χ3n) is 4.36. The van der Waals surface area contributed by atoms with Gasteiger partial charge in [0.15, 0.2) is 5.92 Å². The van der Waals surface area contributed by atoms with Crippen LogP contribution >= 0.6 is 23.1 Å². The fourth-order valence-corrected chi connectivity index (χ4v) is 5.54. The minimum Gasteiger partial charge on any atom is -0.480 e. The van der Waals surface area contributed by atoms with Crippen molar-refractivity contribution >= 4 is 46.9 Å². The van der Waals surface area contributed by atoms with Gasteiger partial charge in [0.25, 0.3) is 0 Å². The number of nitrogens with zero attached hydrogens (tertiary/aromatic N) is 1. The van der Waals surface area contributed by atoms with Crippen molar-refractivity contribution in [3.63, 3.8) is 0 Å².